The van der Waals surface area contributed by atoms with Gasteiger partial charge in [-0.05, 0) is 42.5 Å². The number of carbonyl (C=O) groups is 2. The third kappa shape index (κ3) is 5.55. The zero-order chi connectivity index (χ0) is 28.5. The number of hydrogen-bond donors (Lipinski definition) is 4. The second-order valence-electron chi connectivity index (χ2n) is 10.6. The van der Waals surface area contributed by atoms with Crippen molar-refractivity contribution in [3.8, 4) is 0 Å². The lowest BCUT2D eigenvalue weighted by molar-refractivity contribution is -0.116. The van der Waals surface area contributed by atoms with Crippen LogP contribution in [0.15, 0.2) is 60.9 Å². The Labute approximate surface area is 249 Å². The summed E-state index contributed by atoms with van der Waals surface area (Å²) in [5.41, 5.74) is 3.93. The highest BCUT2D eigenvalue weighted by atomic mass is 32.1. The van der Waals surface area contributed by atoms with Gasteiger partial charge in [-0.25, -0.2) is 0 Å². The summed E-state index contributed by atoms with van der Waals surface area (Å²) in [6.45, 7) is 0. The van der Waals surface area contributed by atoms with Gasteiger partial charge in [0, 0.05) is 46.0 Å². The second-order valence-corrected chi connectivity index (χ2v) is 12.6. The van der Waals surface area contributed by atoms with Crippen molar-refractivity contribution in [3.05, 3.63) is 82.1 Å². The molecule has 1 aliphatic carbocycles. The van der Waals surface area contributed by atoms with E-state index in [4.69, 9.17) is 0 Å². The number of nitrogens with one attached hydrogen (secondary N) is 4. The second kappa shape index (κ2) is 11.5. The molecule has 0 saturated heterocycles. The highest BCUT2D eigenvalue weighted by Gasteiger charge is 2.29. The summed E-state index contributed by atoms with van der Waals surface area (Å²) < 4.78 is 0. The van der Waals surface area contributed by atoms with Crippen LogP contribution in [0.4, 0.5) is 10.3 Å². The molecule has 0 spiro atoms. The molecule has 1 saturated carbocycles. The normalized spacial score (nSPS) is 17.0. The summed E-state index contributed by atoms with van der Waals surface area (Å²) in [5, 5.41) is 28.2. The van der Waals surface area contributed by atoms with Gasteiger partial charge in [0.2, 0.25) is 22.1 Å². The average molecular weight is 597 g/mol. The van der Waals surface area contributed by atoms with Crippen LogP contribution >= 0.6 is 22.7 Å². The Hall–Kier alpha value is -4.42. The van der Waals surface area contributed by atoms with Crippen molar-refractivity contribution in [2.75, 3.05) is 10.6 Å². The van der Waals surface area contributed by atoms with E-state index in [1.54, 1.807) is 0 Å². The van der Waals surface area contributed by atoms with Gasteiger partial charge < -0.3 is 20.6 Å². The molecule has 7 rings (SSSR count). The number of hydrogen-bond acceptors (Lipinski definition) is 8. The van der Waals surface area contributed by atoms with E-state index in [0.717, 1.165) is 68.6 Å². The van der Waals surface area contributed by atoms with Crippen molar-refractivity contribution in [1.82, 2.24) is 30.4 Å². The fourth-order valence-corrected chi connectivity index (χ4v) is 7.58. The third-order valence-corrected chi connectivity index (χ3v) is 9.80. The quantitative estimate of drug-likeness (QED) is 0.166. The monoisotopic (exact) mass is 596 g/mol. The van der Waals surface area contributed by atoms with Gasteiger partial charge in [0.05, 0.1) is 12.8 Å². The largest absolute Gasteiger partial charge is 0.361 e. The van der Waals surface area contributed by atoms with Gasteiger partial charge in [0.15, 0.2) is 0 Å². The van der Waals surface area contributed by atoms with Crippen LogP contribution < -0.4 is 10.6 Å². The first-order chi connectivity index (χ1) is 20.6. The number of amides is 2. The molecule has 212 valence electrons. The number of fused-ring (bicyclic) bond motifs is 2. The van der Waals surface area contributed by atoms with Crippen LogP contribution in [0.5, 0.6) is 0 Å². The Kier molecular flexibility index (Phi) is 7.22. The molecule has 4 heterocycles. The molecule has 4 aromatic heterocycles. The molecule has 0 aliphatic heterocycles. The van der Waals surface area contributed by atoms with Crippen LogP contribution in [0, 0.1) is 0 Å². The van der Waals surface area contributed by atoms with Crippen molar-refractivity contribution in [2.24, 2.45) is 0 Å². The highest BCUT2D eigenvalue weighted by molar-refractivity contribution is 7.15. The first kappa shape index (κ1) is 26.5. The van der Waals surface area contributed by atoms with Gasteiger partial charge in [-0.1, -0.05) is 65.5 Å². The molecule has 0 radical (unpaired) electrons. The fraction of sp³-hybridized carbons (Fsp3) is 0.267. The smallest absolute Gasteiger partial charge is 0.230 e. The Bertz CT molecular complexity index is 1750. The molecule has 42 heavy (non-hydrogen) atoms. The number of nitrogens with zero attached hydrogens (tertiary/aromatic N) is 4. The van der Waals surface area contributed by atoms with E-state index in [1.165, 1.54) is 22.7 Å². The average Bonchev–Trinajstić information content (AvgIpc) is 3.82. The molecule has 1 fully saturated rings. The summed E-state index contributed by atoms with van der Waals surface area (Å²) in [5.74, 6) is 0.253. The van der Waals surface area contributed by atoms with Gasteiger partial charge in [-0.3, -0.25) is 9.59 Å². The Morgan fingerprint density at radius 1 is 0.714 bits per heavy atom. The Morgan fingerprint density at radius 2 is 1.19 bits per heavy atom. The van der Waals surface area contributed by atoms with Crippen molar-refractivity contribution < 1.29 is 9.59 Å². The minimum atomic E-state index is -0.114. The number of anilines is 2. The number of benzene rings is 2. The third-order valence-electron chi connectivity index (χ3n) is 7.80. The molecule has 2 amide bonds. The van der Waals surface area contributed by atoms with Crippen LogP contribution in [0.25, 0.3) is 21.8 Å². The van der Waals surface area contributed by atoms with Crippen molar-refractivity contribution in [2.45, 2.75) is 50.4 Å². The zero-order valence-corrected chi connectivity index (χ0v) is 24.2. The van der Waals surface area contributed by atoms with Gasteiger partial charge in [0.25, 0.3) is 0 Å². The maximum absolute atomic E-state index is 12.7. The summed E-state index contributed by atoms with van der Waals surface area (Å²) >= 11 is 2.89. The van der Waals surface area contributed by atoms with Crippen LogP contribution in [-0.4, -0.2) is 42.2 Å². The highest BCUT2D eigenvalue weighted by Crippen LogP contribution is 2.43. The van der Waals surface area contributed by atoms with Gasteiger partial charge >= 0.3 is 0 Å². The van der Waals surface area contributed by atoms with Crippen LogP contribution in [0.3, 0.4) is 0 Å². The molecular weight excluding hydrogens is 569 g/mol. The summed E-state index contributed by atoms with van der Waals surface area (Å²) in [6, 6.07) is 15.9. The predicted molar refractivity (Wildman–Crippen MR) is 165 cm³/mol. The molecule has 10 nitrogen and oxygen atoms in total. The Balaban J connectivity index is 0.949. The van der Waals surface area contributed by atoms with E-state index >= 15 is 0 Å². The molecule has 0 bridgehead atoms. The Morgan fingerprint density at radius 3 is 1.69 bits per heavy atom. The SMILES string of the molecule is O=C(Cc1c[nH]c2ccccc12)Nc1nnc(C2CCCC(c3nnc(NC(=O)Cc4c[nH]c5ccccc45)s3)C2)s1. The lowest BCUT2D eigenvalue weighted by atomic mass is 9.82. The van der Waals surface area contributed by atoms with Crippen LogP contribution in [0.2, 0.25) is 0 Å². The van der Waals surface area contributed by atoms with E-state index in [1.807, 2.05) is 60.9 Å². The lowest BCUT2D eigenvalue weighted by Crippen LogP contribution is -2.14. The molecular formula is C30H28N8O2S2. The summed E-state index contributed by atoms with van der Waals surface area (Å²) in [4.78, 5) is 31.9. The fourth-order valence-electron chi connectivity index (χ4n) is 5.77. The molecule has 12 heteroatoms. The minimum absolute atomic E-state index is 0.114. The molecule has 2 unspecified atom stereocenters. The van der Waals surface area contributed by atoms with E-state index in [-0.39, 0.29) is 36.5 Å². The molecule has 1 aliphatic rings. The van der Waals surface area contributed by atoms with E-state index in [9.17, 15) is 9.59 Å². The number of carbonyl (C=O) groups excluding carboxylic acids is 2. The summed E-state index contributed by atoms with van der Waals surface area (Å²) in [6.07, 6.45) is 8.25. The number of para-hydroxylation sites is 2. The lowest BCUT2D eigenvalue weighted by Gasteiger charge is -2.25. The van der Waals surface area contributed by atoms with Gasteiger partial charge in [0.1, 0.15) is 10.0 Å². The molecule has 2 atom stereocenters. The number of aromatic nitrogens is 6. The minimum Gasteiger partial charge on any atom is -0.361 e. The standard InChI is InChI=1S/C30H28N8O2S2/c39-25(13-19-15-31-23-10-3-1-8-21(19)23)33-29-37-35-27(41-29)17-6-5-7-18(12-17)28-36-38-30(42-28)34-26(40)14-20-16-32-24-11-4-2-9-22(20)24/h1-4,8-11,15-18,31-32H,5-7,12-14H2,(H,33,37,39)(H,34,38,40). The van der Waals surface area contributed by atoms with E-state index in [0.29, 0.717) is 10.3 Å². The first-order valence-corrected chi connectivity index (χ1v) is 15.6. The maximum Gasteiger partial charge on any atom is 0.230 e. The summed E-state index contributed by atoms with van der Waals surface area (Å²) in [7, 11) is 0. The van der Waals surface area contributed by atoms with Gasteiger partial charge in [-0.15, -0.1) is 20.4 Å². The van der Waals surface area contributed by atoms with Crippen molar-refractivity contribution >= 4 is 66.6 Å². The van der Waals surface area contributed by atoms with Crippen LogP contribution in [0.1, 0.15) is 58.7 Å². The molecule has 2 aromatic carbocycles. The first-order valence-electron chi connectivity index (χ1n) is 14.0. The number of rotatable bonds is 8. The van der Waals surface area contributed by atoms with E-state index in [2.05, 4.69) is 41.0 Å². The topological polar surface area (TPSA) is 141 Å². The number of H-pyrrole nitrogens is 2. The van der Waals surface area contributed by atoms with Crippen molar-refractivity contribution in [3.63, 3.8) is 0 Å². The zero-order valence-electron chi connectivity index (χ0n) is 22.6. The molecule has 4 N–H and O–H groups in total. The van der Waals surface area contributed by atoms with Gasteiger partial charge in [-0.2, -0.15) is 0 Å². The predicted octanol–water partition coefficient (Wildman–Crippen LogP) is 6.16. The van der Waals surface area contributed by atoms with Crippen molar-refractivity contribution in [1.29, 1.82) is 0 Å². The van der Waals surface area contributed by atoms with Crippen LogP contribution in [-0.2, 0) is 22.4 Å². The number of aromatic amines is 2. The maximum atomic E-state index is 12.7. The molecule has 6 aromatic rings. The van der Waals surface area contributed by atoms with E-state index < -0.39 is 0 Å².